The Bertz CT molecular complexity index is 324. The molecule has 5 nitrogen and oxygen atoms in total. The number of hydrogen-bond donors (Lipinski definition) is 0. The lowest BCUT2D eigenvalue weighted by Crippen LogP contribution is -2.06. The van der Waals surface area contributed by atoms with Crippen LogP contribution < -0.4 is 8.92 Å². The van der Waals surface area contributed by atoms with Crippen molar-refractivity contribution in [3.8, 4) is 11.5 Å². The second kappa shape index (κ2) is 7.21. The van der Waals surface area contributed by atoms with Crippen molar-refractivity contribution in [2.75, 3.05) is 19.8 Å². The molecule has 0 spiro atoms. The summed E-state index contributed by atoms with van der Waals surface area (Å²) in [5.74, 6) is 0.897. The van der Waals surface area contributed by atoms with Crippen LogP contribution in [0.4, 0.5) is 0 Å². The second-order valence-electron chi connectivity index (χ2n) is 2.80. The number of hydrogen-bond acceptors (Lipinski definition) is 5. The second-order valence-corrected chi connectivity index (χ2v) is 3.38. The van der Waals surface area contributed by atoms with Crippen LogP contribution >= 0.6 is 0 Å². The number of rotatable bonds is 7. The summed E-state index contributed by atoms with van der Waals surface area (Å²) < 4.78 is 35.3. The predicted molar refractivity (Wildman–Crippen MR) is 58.0 cm³/mol. The lowest BCUT2D eigenvalue weighted by atomic mass is 10.3. The Morgan fingerprint density at radius 3 is 2.38 bits per heavy atom. The average Bonchev–Trinajstić information content (AvgIpc) is 2.26. The molecule has 0 aromatic heterocycles. The van der Waals surface area contributed by atoms with Gasteiger partial charge in [0.15, 0.2) is 0 Å². The summed E-state index contributed by atoms with van der Waals surface area (Å²) in [6, 6.07) is 6.31. The van der Waals surface area contributed by atoms with Gasteiger partial charge in [0.1, 0.15) is 29.5 Å². The van der Waals surface area contributed by atoms with Crippen molar-refractivity contribution in [1.29, 1.82) is 0 Å². The van der Waals surface area contributed by atoms with Gasteiger partial charge in [-0.25, -0.2) is 4.21 Å². The molecule has 0 amide bonds. The van der Waals surface area contributed by atoms with Gasteiger partial charge in [0.05, 0.1) is 6.61 Å². The molecule has 0 aliphatic rings. The third-order valence-corrected chi connectivity index (χ3v) is 2.02. The summed E-state index contributed by atoms with van der Waals surface area (Å²) in [7, 11) is 0. The van der Waals surface area contributed by atoms with E-state index in [0.717, 1.165) is 0 Å². The first-order valence-corrected chi connectivity index (χ1v) is 5.80. The van der Waals surface area contributed by atoms with Crippen molar-refractivity contribution in [1.82, 2.24) is 0 Å². The summed E-state index contributed by atoms with van der Waals surface area (Å²) >= 11 is -2.54. The van der Waals surface area contributed by atoms with E-state index in [1.54, 1.807) is 12.1 Å². The van der Waals surface area contributed by atoms with Crippen LogP contribution in [0.1, 0.15) is 6.92 Å². The maximum Gasteiger partial charge on any atom is 0.139 e. The number of ether oxygens (including phenoxy) is 2. The highest BCUT2D eigenvalue weighted by atomic mass is 32.2. The van der Waals surface area contributed by atoms with Crippen LogP contribution in [-0.2, 0) is 16.1 Å². The molecule has 6 heteroatoms. The Morgan fingerprint density at radius 2 is 1.81 bits per heavy atom. The van der Waals surface area contributed by atoms with Crippen LogP contribution in [-0.4, -0.2) is 28.6 Å². The Labute approximate surface area is 96.8 Å². The minimum Gasteiger partial charge on any atom is -0.740 e. The Kier molecular flexibility index (Phi) is 5.84. The van der Waals surface area contributed by atoms with E-state index in [0.29, 0.717) is 25.6 Å². The molecule has 0 N–H and O–H groups in total. The fourth-order valence-corrected chi connectivity index (χ4v) is 1.30. The third-order valence-electron chi connectivity index (χ3n) is 1.69. The molecular weight excluding hydrogens is 232 g/mol. The quantitative estimate of drug-likeness (QED) is 0.534. The normalized spacial score (nSPS) is 12.1. The molecule has 0 saturated carbocycles. The average molecular weight is 245 g/mol. The zero-order valence-corrected chi connectivity index (χ0v) is 9.70. The van der Waals surface area contributed by atoms with Crippen molar-refractivity contribution in [2.45, 2.75) is 6.92 Å². The van der Waals surface area contributed by atoms with E-state index in [4.69, 9.17) is 9.47 Å². The van der Waals surface area contributed by atoms with Gasteiger partial charge in [0.2, 0.25) is 0 Å². The van der Waals surface area contributed by atoms with Gasteiger partial charge in [0, 0.05) is 6.61 Å². The summed E-state index contributed by atoms with van der Waals surface area (Å²) in [5, 5.41) is 0. The van der Waals surface area contributed by atoms with E-state index < -0.39 is 11.4 Å². The molecule has 0 aliphatic carbocycles. The zero-order valence-electron chi connectivity index (χ0n) is 8.88. The smallest absolute Gasteiger partial charge is 0.139 e. The van der Waals surface area contributed by atoms with Crippen molar-refractivity contribution >= 4 is 11.4 Å². The van der Waals surface area contributed by atoms with Crippen molar-refractivity contribution < 1.29 is 22.4 Å². The van der Waals surface area contributed by atoms with Crippen molar-refractivity contribution in [3.63, 3.8) is 0 Å². The van der Waals surface area contributed by atoms with Crippen molar-refractivity contribution in [2.24, 2.45) is 0 Å². The van der Waals surface area contributed by atoms with Gasteiger partial charge in [-0.1, -0.05) is 0 Å². The molecule has 1 aromatic rings. The topological polar surface area (TPSA) is 67.8 Å². The van der Waals surface area contributed by atoms with Gasteiger partial charge in [-0.05, 0) is 31.2 Å². The molecule has 0 heterocycles. The first-order valence-electron chi connectivity index (χ1n) is 4.80. The zero-order chi connectivity index (χ0) is 11.8. The molecule has 0 saturated heterocycles. The molecule has 0 aliphatic heterocycles. The van der Waals surface area contributed by atoms with Gasteiger partial charge < -0.3 is 18.2 Å². The summed E-state index contributed by atoms with van der Waals surface area (Å²) in [5.41, 5.74) is 0. The Hall–Kier alpha value is -1.11. The van der Waals surface area contributed by atoms with E-state index >= 15 is 0 Å². The summed E-state index contributed by atoms with van der Waals surface area (Å²) in [6.45, 7) is 3.56. The lowest BCUT2D eigenvalue weighted by molar-refractivity contribution is 0.110. The molecule has 1 unspecified atom stereocenters. The molecule has 0 fully saturated rings. The van der Waals surface area contributed by atoms with Gasteiger partial charge in [0.25, 0.3) is 0 Å². The maximum absolute atomic E-state index is 10.2. The first-order chi connectivity index (χ1) is 7.72. The predicted octanol–water partition coefficient (Wildman–Crippen LogP) is 1.27. The van der Waals surface area contributed by atoms with Crippen LogP contribution in [0, 0.1) is 0 Å². The monoisotopic (exact) mass is 245 g/mol. The minimum atomic E-state index is -2.54. The fraction of sp³-hybridized carbons (Fsp3) is 0.400. The van der Waals surface area contributed by atoms with E-state index in [1.165, 1.54) is 12.1 Å². The summed E-state index contributed by atoms with van der Waals surface area (Å²) in [4.78, 5) is 0. The van der Waals surface area contributed by atoms with E-state index in [1.807, 2.05) is 6.92 Å². The van der Waals surface area contributed by atoms with Crippen LogP contribution in [0.2, 0.25) is 0 Å². The Balaban J connectivity index is 2.36. The van der Waals surface area contributed by atoms with Crippen LogP contribution in [0.15, 0.2) is 24.3 Å². The Morgan fingerprint density at radius 1 is 1.19 bits per heavy atom. The highest BCUT2D eigenvalue weighted by Crippen LogP contribution is 2.17. The minimum absolute atomic E-state index is 0.255. The van der Waals surface area contributed by atoms with Crippen molar-refractivity contribution in [3.05, 3.63) is 24.3 Å². The van der Waals surface area contributed by atoms with Gasteiger partial charge in [-0.3, -0.25) is 0 Å². The fourth-order valence-electron chi connectivity index (χ4n) is 1.03. The molecular formula is C10H13O5S-. The van der Waals surface area contributed by atoms with E-state index in [-0.39, 0.29) is 5.75 Å². The van der Waals surface area contributed by atoms with Gasteiger partial charge in [-0.2, -0.15) is 0 Å². The van der Waals surface area contributed by atoms with Crippen LogP contribution in [0.5, 0.6) is 11.5 Å². The molecule has 0 radical (unpaired) electrons. The molecule has 1 aromatic carbocycles. The third kappa shape index (κ3) is 5.11. The molecule has 90 valence electrons. The largest absolute Gasteiger partial charge is 0.740 e. The lowest BCUT2D eigenvalue weighted by Gasteiger charge is -2.09. The summed E-state index contributed by atoms with van der Waals surface area (Å²) in [6.07, 6.45) is 0. The highest BCUT2D eigenvalue weighted by Gasteiger charge is 1.96. The van der Waals surface area contributed by atoms with E-state index in [2.05, 4.69) is 4.18 Å². The van der Waals surface area contributed by atoms with Gasteiger partial charge in [-0.15, -0.1) is 0 Å². The maximum atomic E-state index is 10.2. The van der Waals surface area contributed by atoms with Crippen LogP contribution in [0.3, 0.4) is 0 Å². The molecule has 1 rings (SSSR count). The molecule has 0 bridgehead atoms. The highest BCUT2D eigenvalue weighted by molar-refractivity contribution is 7.74. The van der Waals surface area contributed by atoms with E-state index in [9.17, 15) is 8.76 Å². The first kappa shape index (κ1) is 13.0. The molecule has 1 atom stereocenters. The van der Waals surface area contributed by atoms with Crippen LogP contribution in [0.25, 0.3) is 0 Å². The molecule has 16 heavy (non-hydrogen) atoms. The number of benzene rings is 1. The van der Waals surface area contributed by atoms with Gasteiger partial charge >= 0.3 is 0 Å². The SMILES string of the molecule is CCOCCOc1ccc(OS(=O)[O-])cc1. The standard InChI is InChI=1S/C10H14O5S/c1-2-13-7-8-14-9-3-5-10(6-4-9)15-16(11)12/h3-6H,2,7-8H2,1H3,(H,11,12)/p-1.